The maximum Gasteiger partial charge on any atom is 0.337 e. The standard InChI is InChI=1S/C14H21NO4/c1-18-10-8-15(7-9-16)11-12-3-5-13(6-4-12)14(17)19-2/h3-6,16H,7-11H2,1-2H3. The monoisotopic (exact) mass is 267 g/mol. The van der Waals surface area contributed by atoms with Crippen molar-refractivity contribution in [1.82, 2.24) is 4.90 Å². The van der Waals surface area contributed by atoms with Gasteiger partial charge in [-0.15, -0.1) is 0 Å². The van der Waals surface area contributed by atoms with E-state index < -0.39 is 0 Å². The molecule has 0 saturated carbocycles. The molecule has 106 valence electrons. The van der Waals surface area contributed by atoms with Crippen molar-refractivity contribution in [2.45, 2.75) is 6.54 Å². The van der Waals surface area contributed by atoms with Crippen LogP contribution in [0.25, 0.3) is 0 Å². The van der Waals surface area contributed by atoms with E-state index in [-0.39, 0.29) is 12.6 Å². The summed E-state index contributed by atoms with van der Waals surface area (Å²) in [7, 11) is 3.02. The number of aliphatic hydroxyl groups excluding tert-OH is 1. The smallest absolute Gasteiger partial charge is 0.337 e. The summed E-state index contributed by atoms with van der Waals surface area (Å²) < 4.78 is 9.69. The van der Waals surface area contributed by atoms with Crippen LogP contribution in [0.2, 0.25) is 0 Å². The zero-order valence-corrected chi connectivity index (χ0v) is 11.5. The largest absolute Gasteiger partial charge is 0.465 e. The van der Waals surface area contributed by atoms with E-state index in [2.05, 4.69) is 9.64 Å². The summed E-state index contributed by atoms with van der Waals surface area (Å²) in [6.07, 6.45) is 0. The van der Waals surface area contributed by atoms with Crippen molar-refractivity contribution in [3.63, 3.8) is 0 Å². The first-order chi connectivity index (χ1) is 9.21. The van der Waals surface area contributed by atoms with E-state index in [1.807, 2.05) is 12.1 Å². The third kappa shape index (κ3) is 5.38. The van der Waals surface area contributed by atoms with Gasteiger partial charge >= 0.3 is 5.97 Å². The van der Waals surface area contributed by atoms with Crippen LogP contribution in [0.15, 0.2) is 24.3 Å². The first kappa shape index (κ1) is 15.6. The Morgan fingerprint density at radius 3 is 2.42 bits per heavy atom. The Bertz CT molecular complexity index is 378. The van der Waals surface area contributed by atoms with E-state index >= 15 is 0 Å². The Hall–Kier alpha value is -1.43. The van der Waals surface area contributed by atoms with Gasteiger partial charge in [0, 0.05) is 26.7 Å². The van der Waals surface area contributed by atoms with Crippen molar-refractivity contribution in [3.05, 3.63) is 35.4 Å². The molecular formula is C14H21NO4. The Morgan fingerprint density at radius 1 is 1.21 bits per heavy atom. The van der Waals surface area contributed by atoms with Crippen LogP contribution in [-0.2, 0) is 16.0 Å². The summed E-state index contributed by atoms with van der Waals surface area (Å²) in [5.74, 6) is -0.335. The van der Waals surface area contributed by atoms with Crippen molar-refractivity contribution >= 4 is 5.97 Å². The number of rotatable bonds is 8. The van der Waals surface area contributed by atoms with Gasteiger partial charge in [-0.1, -0.05) is 12.1 Å². The fourth-order valence-corrected chi connectivity index (χ4v) is 1.75. The maximum absolute atomic E-state index is 11.3. The third-order valence-corrected chi connectivity index (χ3v) is 2.81. The number of methoxy groups -OCH3 is 2. The molecule has 0 aliphatic heterocycles. The molecule has 0 saturated heterocycles. The lowest BCUT2D eigenvalue weighted by Crippen LogP contribution is -2.29. The van der Waals surface area contributed by atoms with Gasteiger partial charge in [0.1, 0.15) is 0 Å². The molecule has 1 aromatic carbocycles. The molecule has 0 spiro atoms. The molecule has 5 nitrogen and oxygen atoms in total. The predicted molar refractivity (Wildman–Crippen MR) is 72.0 cm³/mol. The molecule has 0 fully saturated rings. The number of aliphatic hydroxyl groups is 1. The molecule has 5 heteroatoms. The molecule has 0 radical (unpaired) electrons. The average Bonchev–Trinajstić information content (AvgIpc) is 2.45. The van der Waals surface area contributed by atoms with E-state index in [4.69, 9.17) is 9.84 Å². The second kappa shape index (κ2) is 8.63. The summed E-state index contributed by atoms with van der Waals surface area (Å²) in [5, 5.41) is 9.02. The second-order valence-electron chi connectivity index (χ2n) is 4.18. The summed E-state index contributed by atoms with van der Waals surface area (Å²) in [6, 6.07) is 7.27. The summed E-state index contributed by atoms with van der Waals surface area (Å²) >= 11 is 0. The van der Waals surface area contributed by atoms with Gasteiger partial charge in [0.25, 0.3) is 0 Å². The van der Waals surface area contributed by atoms with E-state index in [0.717, 1.165) is 12.1 Å². The van der Waals surface area contributed by atoms with Gasteiger partial charge < -0.3 is 14.6 Å². The Labute approximate surface area is 113 Å². The minimum Gasteiger partial charge on any atom is -0.465 e. The van der Waals surface area contributed by atoms with Crippen LogP contribution < -0.4 is 0 Å². The third-order valence-electron chi connectivity index (χ3n) is 2.81. The molecule has 0 unspecified atom stereocenters. The molecule has 0 bridgehead atoms. The number of benzene rings is 1. The highest BCUT2D eigenvalue weighted by atomic mass is 16.5. The molecule has 1 rings (SSSR count). The Kier molecular flexibility index (Phi) is 7.10. The van der Waals surface area contributed by atoms with Crippen molar-refractivity contribution in [3.8, 4) is 0 Å². The van der Waals surface area contributed by atoms with E-state index in [0.29, 0.717) is 25.3 Å². The molecule has 19 heavy (non-hydrogen) atoms. The van der Waals surface area contributed by atoms with Crippen LogP contribution in [0.1, 0.15) is 15.9 Å². The van der Waals surface area contributed by atoms with Crippen molar-refractivity contribution in [2.75, 3.05) is 40.5 Å². The minimum absolute atomic E-state index is 0.115. The quantitative estimate of drug-likeness (QED) is 0.710. The number of carbonyl (C=O) groups excluding carboxylic acids is 1. The van der Waals surface area contributed by atoms with E-state index in [1.54, 1.807) is 19.2 Å². The highest BCUT2D eigenvalue weighted by Gasteiger charge is 2.07. The van der Waals surface area contributed by atoms with Crippen LogP contribution in [0.5, 0.6) is 0 Å². The fraction of sp³-hybridized carbons (Fsp3) is 0.500. The lowest BCUT2D eigenvalue weighted by atomic mass is 10.1. The topological polar surface area (TPSA) is 59.0 Å². The molecule has 0 heterocycles. The predicted octanol–water partition coefficient (Wildman–Crippen LogP) is 0.914. The summed E-state index contributed by atoms with van der Waals surface area (Å²) in [5.41, 5.74) is 1.62. The summed E-state index contributed by atoms with van der Waals surface area (Å²) in [4.78, 5) is 13.4. The van der Waals surface area contributed by atoms with Gasteiger partial charge in [0.2, 0.25) is 0 Å². The molecule has 0 aromatic heterocycles. The van der Waals surface area contributed by atoms with E-state index in [1.165, 1.54) is 7.11 Å². The highest BCUT2D eigenvalue weighted by molar-refractivity contribution is 5.89. The van der Waals surface area contributed by atoms with Crippen molar-refractivity contribution in [1.29, 1.82) is 0 Å². The van der Waals surface area contributed by atoms with Crippen LogP contribution in [0.3, 0.4) is 0 Å². The average molecular weight is 267 g/mol. The zero-order chi connectivity index (χ0) is 14.1. The van der Waals surface area contributed by atoms with Crippen LogP contribution >= 0.6 is 0 Å². The molecular weight excluding hydrogens is 246 g/mol. The van der Waals surface area contributed by atoms with Crippen molar-refractivity contribution in [2.24, 2.45) is 0 Å². The van der Waals surface area contributed by atoms with Gasteiger partial charge in [0.15, 0.2) is 0 Å². The van der Waals surface area contributed by atoms with Crippen LogP contribution in [-0.4, -0.2) is 56.5 Å². The summed E-state index contributed by atoms with van der Waals surface area (Å²) in [6.45, 7) is 2.81. The molecule has 1 aromatic rings. The number of hydrogen-bond donors (Lipinski definition) is 1. The van der Waals surface area contributed by atoms with Gasteiger partial charge in [-0.25, -0.2) is 4.79 Å². The van der Waals surface area contributed by atoms with Crippen molar-refractivity contribution < 1.29 is 19.4 Å². The SMILES string of the molecule is COCCN(CCO)Cc1ccc(C(=O)OC)cc1. The van der Waals surface area contributed by atoms with E-state index in [9.17, 15) is 4.79 Å². The Morgan fingerprint density at radius 2 is 1.89 bits per heavy atom. The molecule has 0 aliphatic rings. The highest BCUT2D eigenvalue weighted by Crippen LogP contribution is 2.08. The lowest BCUT2D eigenvalue weighted by molar-refractivity contribution is 0.0600. The number of carbonyl (C=O) groups is 1. The van der Waals surface area contributed by atoms with Gasteiger partial charge in [-0.2, -0.15) is 0 Å². The maximum atomic E-state index is 11.3. The van der Waals surface area contributed by atoms with Gasteiger partial charge in [0.05, 0.1) is 25.9 Å². The number of esters is 1. The lowest BCUT2D eigenvalue weighted by Gasteiger charge is -2.20. The zero-order valence-electron chi connectivity index (χ0n) is 11.5. The first-order valence-electron chi connectivity index (χ1n) is 6.20. The van der Waals surface area contributed by atoms with Gasteiger partial charge in [-0.05, 0) is 17.7 Å². The molecule has 0 atom stereocenters. The normalized spacial score (nSPS) is 10.7. The van der Waals surface area contributed by atoms with Crippen LogP contribution in [0, 0.1) is 0 Å². The minimum atomic E-state index is -0.335. The second-order valence-corrected chi connectivity index (χ2v) is 4.18. The first-order valence-corrected chi connectivity index (χ1v) is 6.20. The molecule has 0 aliphatic carbocycles. The fourth-order valence-electron chi connectivity index (χ4n) is 1.75. The van der Waals surface area contributed by atoms with Gasteiger partial charge in [-0.3, -0.25) is 4.90 Å². The number of hydrogen-bond acceptors (Lipinski definition) is 5. The molecule has 1 N–H and O–H groups in total. The molecule has 0 amide bonds. The number of ether oxygens (including phenoxy) is 2. The number of nitrogens with zero attached hydrogens (tertiary/aromatic N) is 1. The Balaban J connectivity index is 2.60. The van der Waals surface area contributed by atoms with Crippen LogP contribution in [0.4, 0.5) is 0 Å².